The molecule has 0 unspecified atom stereocenters. The predicted octanol–water partition coefficient (Wildman–Crippen LogP) is 3.12. The summed E-state index contributed by atoms with van der Waals surface area (Å²) in [5.41, 5.74) is 1.94. The highest BCUT2D eigenvalue weighted by atomic mass is 35.5. The lowest BCUT2D eigenvalue weighted by atomic mass is 10.2. The van der Waals surface area contributed by atoms with E-state index in [-0.39, 0.29) is 0 Å². The molecule has 1 N–H and O–H groups in total. The van der Waals surface area contributed by atoms with E-state index in [1.54, 1.807) is 24.7 Å². The third-order valence-corrected chi connectivity index (χ3v) is 2.86. The Morgan fingerprint density at radius 2 is 2.10 bits per heavy atom. The third kappa shape index (κ3) is 4.15. The minimum Gasteiger partial charge on any atom is -0.423 e. The molecule has 2 heterocycles. The summed E-state index contributed by atoms with van der Waals surface area (Å²) >= 11 is 5.85. The van der Waals surface area contributed by atoms with Crippen LogP contribution < -0.4 is 10.1 Å². The lowest BCUT2D eigenvalue weighted by Gasteiger charge is -2.10. The molecular formula is C14H17ClN4O. The quantitative estimate of drug-likeness (QED) is 0.917. The zero-order valence-corrected chi connectivity index (χ0v) is 12.5. The van der Waals surface area contributed by atoms with Crippen LogP contribution in [0.15, 0.2) is 24.7 Å². The van der Waals surface area contributed by atoms with Gasteiger partial charge in [-0.05, 0) is 6.92 Å². The maximum Gasteiger partial charge on any atom is 0.322 e. The number of hydrogen-bond donors (Lipinski definition) is 1. The van der Waals surface area contributed by atoms with Crippen molar-refractivity contribution >= 4 is 11.6 Å². The fourth-order valence-corrected chi connectivity index (χ4v) is 1.72. The maximum absolute atomic E-state index is 5.85. The molecule has 2 aromatic heterocycles. The highest BCUT2D eigenvalue weighted by molar-refractivity contribution is 6.30. The van der Waals surface area contributed by atoms with Gasteiger partial charge in [0.2, 0.25) is 0 Å². The molecule has 0 aliphatic heterocycles. The van der Waals surface area contributed by atoms with E-state index in [4.69, 9.17) is 16.3 Å². The van der Waals surface area contributed by atoms with E-state index in [2.05, 4.69) is 34.1 Å². The molecule has 0 saturated carbocycles. The number of nitrogens with one attached hydrogen (secondary N) is 1. The molecule has 0 saturated heterocycles. The smallest absolute Gasteiger partial charge is 0.322 e. The van der Waals surface area contributed by atoms with Gasteiger partial charge in [0.15, 0.2) is 5.75 Å². The van der Waals surface area contributed by atoms with Crippen LogP contribution in [0, 0.1) is 6.92 Å². The minimum atomic E-state index is 0.292. The van der Waals surface area contributed by atoms with Crippen molar-refractivity contribution in [1.82, 2.24) is 20.3 Å². The highest BCUT2D eigenvalue weighted by Gasteiger charge is 2.06. The molecule has 2 aromatic rings. The molecule has 0 spiro atoms. The summed E-state index contributed by atoms with van der Waals surface area (Å²) in [7, 11) is 0. The van der Waals surface area contributed by atoms with E-state index in [0.717, 1.165) is 17.8 Å². The number of pyridine rings is 1. The Morgan fingerprint density at radius 3 is 2.75 bits per heavy atom. The van der Waals surface area contributed by atoms with Crippen molar-refractivity contribution in [3.8, 4) is 11.8 Å². The van der Waals surface area contributed by atoms with Crippen molar-refractivity contribution in [3.05, 3.63) is 40.9 Å². The first kappa shape index (κ1) is 14.7. The second-order valence-electron chi connectivity index (χ2n) is 4.74. The molecule has 0 fully saturated rings. The summed E-state index contributed by atoms with van der Waals surface area (Å²) in [5, 5.41) is 3.84. The van der Waals surface area contributed by atoms with Crippen LogP contribution in [0.3, 0.4) is 0 Å². The Kier molecular flexibility index (Phi) is 4.87. The number of nitrogens with zero attached hydrogens (tertiary/aromatic N) is 3. The maximum atomic E-state index is 5.85. The van der Waals surface area contributed by atoms with Crippen LogP contribution in [0.4, 0.5) is 0 Å². The van der Waals surface area contributed by atoms with Crippen molar-refractivity contribution in [2.24, 2.45) is 0 Å². The Bertz CT molecular complexity index is 589. The van der Waals surface area contributed by atoms with Crippen LogP contribution in [0.25, 0.3) is 0 Å². The van der Waals surface area contributed by atoms with E-state index >= 15 is 0 Å². The molecule has 0 aliphatic rings. The predicted molar refractivity (Wildman–Crippen MR) is 78.1 cm³/mol. The molecule has 6 heteroatoms. The summed E-state index contributed by atoms with van der Waals surface area (Å²) in [6.45, 7) is 6.87. The standard InChI is InChI=1S/C14H17ClN4O/c1-9(2)17-5-11-6-18-14(19-10(11)3)20-13-4-12(15)7-16-8-13/h4,6-9,17H,5H2,1-3H3. The molecule has 106 valence electrons. The Balaban J connectivity index is 2.09. The van der Waals surface area contributed by atoms with E-state index in [1.807, 2.05) is 6.92 Å². The first-order valence-corrected chi connectivity index (χ1v) is 6.76. The van der Waals surface area contributed by atoms with Crippen LogP contribution in [-0.2, 0) is 6.54 Å². The van der Waals surface area contributed by atoms with Crippen molar-refractivity contribution < 1.29 is 4.74 Å². The molecule has 0 aliphatic carbocycles. The van der Waals surface area contributed by atoms with Crippen molar-refractivity contribution in [2.75, 3.05) is 0 Å². The van der Waals surface area contributed by atoms with Gasteiger partial charge < -0.3 is 10.1 Å². The number of rotatable bonds is 5. The summed E-state index contributed by atoms with van der Waals surface area (Å²) in [6, 6.07) is 2.38. The Hall–Kier alpha value is -1.72. The molecule has 20 heavy (non-hydrogen) atoms. The van der Waals surface area contributed by atoms with Gasteiger partial charge in [-0.3, -0.25) is 4.98 Å². The summed E-state index contributed by atoms with van der Waals surface area (Å²) in [5.74, 6) is 0.518. The molecule has 2 rings (SSSR count). The Morgan fingerprint density at radius 1 is 1.30 bits per heavy atom. The number of aromatic nitrogens is 3. The first-order valence-electron chi connectivity index (χ1n) is 6.39. The number of ether oxygens (including phenoxy) is 1. The van der Waals surface area contributed by atoms with Gasteiger partial charge in [-0.2, -0.15) is 4.98 Å². The van der Waals surface area contributed by atoms with E-state index < -0.39 is 0 Å². The van der Waals surface area contributed by atoms with E-state index in [1.165, 1.54) is 0 Å². The highest BCUT2D eigenvalue weighted by Crippen LogP contribution is 2.20. The average molecular weight is 293 g/mol. The lowest BCUT2D eigenvalue weighted by molar-refractivity contribution is 0.437. The average Bonchev–Trinajstić information content (AvgIpc) is 2.37. The second kappa shape index (κ2) is 6.63. The molecule has 0 aromatic carbocycles. The van der Waals surface area contributed by atoms with Crippen molar-refractivity contribution in [3.63, 3.8) is 0 Å². The number of halogens is 1. The first-order chi connectivity index (χ1) is 9.54. The van der Waals surface area contributed by atoms with E-state index in [9.17, 15) is 0 Å². The van der Waals surface area contributed by atoms with Crippen molar-refractivity contribution in [2.45, 2.75) is 33.4 Å². The molecule has 0 radical (unpaired) electrons. The largest absolute Gasteiger partial charge is 0.423 e. The van der Waals surface area contributed by atoms with Gasteiger partial charge in [-0.1, -0.05) is 25.4 Å². The summed E-state index contributed by atoms with van der Waals surface area (Å²) < 4.78 is 5.53. The minimum absolute atomic E-state index is 0.292. The van der Waals surface area contributed by atoms with Crippen LogP contribution in [0.2, 0.25) is 5.02 Å². The van der Waals surface area contributed by atoms with Gasteiger partial charge >= 0.3 is 6.01 Å². The second-order valence-corrected chi connectivity index (χ2v) is 5.18. The topological polar surface area (TPSA) is 59.9 Å². The SMILES string of the molecule is Cc1nc(Oc2cncc(Cl)c2)ncc1CNC(C)C. The number of hydrogen-bond acceptors (Lipinski definition) is 5. The van der Waals surface area contributed by atoms with Gasteiger partial charge in [0.05, 0.1) is 11.2 Å². The molecular weight excluding hydrogens is 276 g/mol. The normalized spacial score (nSPS) is 10.8. The zero-order chi connectivity index (χ0) is 14.5. The van der Waals surface area contributed by atoms with Gasteiger partial charge in [-0.25, -0.2) is 4.98 Å². The Labute approximate surface area is 123 Å². The van der Waals surface area contributed by atoms with Gasteiger partial charge in [0, 0.05) is 42.3 Å². The molecule has 0 bridgehead atoms. The lowest BCUT2D eigenvalue weighted by Crippen LogP contribution is -2.22. The fourth-order valence-electron chi connectivity index (χ4n) is 1.56. The van der Waals surface area contributed by atoms with E-state index in [0.29, 0.717) is 22.8 Å². The van der Waals surface area contributed by atoms with Gasteiger partial charge in [0.1, 0.15) is 0 Å². The van der Waals surface area contributed by atoms with Crippen LogP contribution in [0.5, 0.6) is 11.8 Å². The zero-order valence-electron chi connectivity index (χ0n) is 11.7. The molecule has 5 nitrogen and oxygen atoms in total. The summed E-state index contributed by atoms with van der Waals surface area (Å²) in [6.07, 6.45) is 4.88. The van der Waals surface area contributed by atoms with Gasteiger partial charge in [0.25, 0.3) is 0 Å². The number of aryl methyl sites for hydroxylation is 1. The molecule has 0 atom stereocenters. The van der Waals surface area contributed by atoms with Crippen LogP contribution in [0.1, 0.15) is 25.1 Å². The van der Waals surface area contributed by atoms with Crippen LogP contribution in [-0.4, -0.2) is 21.0 Å². The monoisotopic (exact) mass is 292 g/mol. The summed E-state index contributed by atoms with van der Waals surface area (Å²) in [4.78, 5) is 12.5. The van der Waals surface area contributed by atoms with Gasteiger partial charge in [-0.15, -0.1) is 0 Å². The van der Waals surface area contributed by atoms with Crippen molar-refractivity contribution in [1.29, 1.82) is 0 Å². The third-order valence-electron chi connectivity index (χ3n) is 2.65. The fraction of sp³-hybridized carbons (Fsp3) is 0.357. The molecule has 0 amide bonds. The van der Waals surface area contributed by atoms with Crippen LogP contribution >= 0.6 is 11.6 Å².